The lowest BCUT2D eigenvalue weighted by Crippen LogP contribution is -1.94. The molecule has 3 heteroatoms. The van der Waals surface area contributed by atoms with Gasteiger partial charge in [0.2, 0.25) is 0 Å². The van der Waals surface area contributed by atoms with Gasteiger partial charge < -0.3 is 0 Å². The minimum absolute atomic E-state index is 0.179. The highest BCUT2D eigenvalue weighted by molar-refractivity contribution is 5.97. The van der Waals surface area contributed by atoms with Gasteiger partial charge in [-0.05, 0) is 181 Å². The minimum Gasteiger partial charge on any atom is -0.256 e. The summed E-state index contributed by atoms with van der Waals surface area (Å²) in [6.07, 6.45) is 4.52. The zero-order chi connectivity index (χ0) is 58.2. The quantitative estimate of drug-likeness (QED) is 0.130. The van der Waals surface area contributed by atoms with Crippen LogP contribution in [-0.2, 0) is 0 Å². The fourth-order valence-corrected chi connectivity index (χ4v) is 10.1. The first-order chi connectivity index (χ1) is 40.5. The molecule has 0 fully saturated rings. The number of hydrogen-bond acceptors (Lipinski definition) is 3. The average molecular weight is 969 g/mol. The first kappa shape index (κ1) is 37.2. The monoisotopic (exact) mass is 968 g/mol. The summed E-state index contributed by atoms with van der Waals surface area (Å²) in [5.74, 6) is 0. The molecule has 0 amide bonds. The molecule has 75 heavy (non-hydrogen) atoms. The van der Waals surface area contributed by atoms with E-state index in [1.807, 2.05) is 54.6 Å². The summed E-state index contributed by atoms with van der Waals surface area (Å²) >= 11 is 0. The van der Waals surface area contributed by atoms with Crippen molar-refractivity contribution in [1.29, 1.82) is 0 Å². The number of rotatable bonds is 11. The van der Waals surface area contributed by atoms with Crippen LogP contribution in [-0.4, -0.2) is 15.0 Å². The van der Waals surface area contributed by atoms with Crippen molar-refractivity contribution in [1.82, 2.24) is 15.0 Å². The third kappa shape index (κ3) is 9.76. The lowest BCUT2D eigenvalue weighted by Gasteiger charge is -2.19. The molecular weight excluding hydrogens is 907 g/mol. The van der Waals surface area contributed by atoms with Crippen LogP contribution in [0.5, 0.6) is 0 Å². The summed E-state index contributed by atoms with van der Waals surface area (Å²) in [6.45, 7) is -6.80. The predicted octanol–water partition coefficient (Wildman–Crippen LogP) is 19.1. The Bertz CT molecular complexity index is 4180. The molecule has 0 aliphatic rings. The van der Waals surface area contributed by atoms with Crippen LogP contribution in [0.4, 0.5) is 0 Å². The van der Waals surface area contributed by atoms with Gasteiger partial charge in [0.05, 0.1) is 17.1 Å². The Morgan fingerprint density at radius 3 is 1.09 bits per heavy atom. The van der Waals surface area contributed by atoms with Crippen LogP contribution in [0.3, 0.4) is 0 Å². The Morgan fingerprint density at radius 2 is 0.613 bits per heavy atom. The second kappa shape index (κ2) is 20.5. The number of aryl methyl sites for hydroxylation is 3. The van der Waals surface area contributed by atoms with E-state index in [0.717, 1.165) is 106 Å². The van der Waals surface area contributed by atoms with E-state index >= 15 is 0 Å². The molecule has 0 spiro atoms. The molecule has 12 rings (SSSR count). The summed E-state index contributed by atoms with van der Waals surface area (Å²) in [7, 11) is 0. The van der Waals surface area contributed by atoms with Crippen LogP contribution < -0.4 is 0 Å². The van der Waals surface area contributed by atoms with Gasteiger partial charge in [0.15, 0.2) is 0 Å². The number of nitrogens with zero attached hydrogens (tertiary/aromatic N) is 3. The molecule has 0 radical (unpaired) electrons. The van der Waals surface area contributed by atoms with Crippen molar-refractivity contribution in [2.75, 3.05) is 0 Å². The summed E-state index contributed by atoms with van der Waals surface area (Å²) < 4.78 is 72.0. The Hall–Kier alpha value is -9.57. The number of aromatic nitrogens is 3. The molecule has 0 N–H and O–H groups in total. The maximum Gasteiger partial charge on any atom is 0.0704 e. The highest BCUT2D eigenvalue weighted by Gasteiger charge is 2.19. The lowest BCUT2D eigenvalue weighted by molar-refractivity contribution is 1.27. The van der Waals surface area contributed by atoms with E-state index in [1.165, 1.54) is 18.3 Å². The second-order valence-electron chi connectivity index (χ2n) is 18.6. The second-order valence-corrected chi connectivity index (χ2v) is 18.6. The minimum atomic E-state index is -2.28. The molecule has 0 aliphatic heterocycles. The first-order valence-electron chi connectivity index (χ1n) is 29.4. The number of pyridine rings is 3. The SMILES string of the molecule is [2H]C([2H])([2H])c1ccc(-c2ccc(-c3ccccc3-c3cc(-c4ccccc4-c4ccc(-c5cc(C([2H])([2H])[2H])ccn5)cc4)cc(-c4ccccc4-c4ccc(-c5cc(C([2H])([2H])[2H])ccn5)cc4)c3)c(-c3ccc(-c4ccccc4)cc3)c2)nc1. The van der Waals surface area contributed by atoms with E-state index < -0.39 is 20.6 Å². The highest BCUT2D eigenvalue weighted by Crippen LogP contribution is 2.45. The first-order valence-corrected chi connectivity index (χ1v) is 24.9. The molecular formula is C72H53N3. The van der Waals surface area contributed by atoms with E-state index in [0.29, 0.717) is 17.1 Å². The molecule has 0 bridgehead atoms. The summed E-state index contributed by atoms with van der Waals surface area (Å²) in [5, 5.41) is 0. The third-order valence-corrected chi connectivity index (χ3v) is 13.8. The zero-order valence-corrected chi connectivity index (χ0v) is 40.7. The van der Waals surface area contributed by atoms with Gasteiger partial charge in [0, 0.05) is 47.6 Å². The van der Waals surface area contributed by atoms with Gasteiger partial charge in [-0.1, -0.05) is 194 Å². The van der Waals surface area contributed by atoms with Gasteiger partial charge in [0.1, 0.15) is 0 Å². The molecule has 3 nitrogen and oxygen atoms in total. The highest BCUT2D eigenvalue weighted by atomic mass is 14.7. The van der Waals surface area contributed by atoms with Gasteiger partial charge in [-0.25, -0.2) is 0 Å². The zero-order valence-electron chi connectivity index (χ0n) is 49.7. The lowest BCUT2D eigenvalue weighted by atomic mass is 9.84. The fraction of sp³-hybridized carbons (Fsp3) is 0.0417. The molecule has 3 aromatic heterocycles. The number of hydrogen-bond donors (Lipinski definition) is 0. The van der Waals surface area contributed by atoms with Crippen molar-refractivity contribution >= 4 is 0 Å². The van der Waals surface area contributed by atoms with Gasteiger partial charge in [0.25, 0.3) is 0 Å². The number of benzene rings is 9. The van der Waals surface area contributed by atoms with E-state index in [4.69, 9.17) is 12.3 Å². The standard InChI is InChI=1S/C72H53N3/c1-48-37-39-73-71(41-48)56-30-26-53(27-31-56)62-15-7-9-17-64(62)59-43-60(65-18-10-8-16-63(65)54-28-32-57(33-29-54)72-42-49(2)38-40-74-72)45-61(44-59)66-19-11-12-20-67(66)68-35-34-58(70-36-21-50(3)47-75-70)46-69(68)55-24-22-52(23-25-55)51-13-5-4-6-14-51/h4-47H,1-3H3/i1D3,2D3,3D3. The van der Waals surface area contributed by atoms with E-state index in [2.05, 4.69) is 173 Å². The van der Waals surface area contributed by atoms with Gasteiger partial charge in [-0.2, -0.15) is 0 Å². The summed E-state index contributed by atoms with van der Waals surface area (Å²) in [6, 6.07) is 83.1. The Morgan fingerprint density at radius 1 is 0.227 bits per heavy atom. The third-order valence-electron chi connectivity index (χ3n) is 13.8. The molecule has 12 aromatic rings. The molecule has 0 saturated heterocycles. The maximum atomic E-state index is 8.00. The normalized spacial score (nSPS) is 13.4. The van der Waals surface area contributed by atoms with Gasteiger partial charge in [-0.3, -0.25) is 15.0 Å². The predicted molar refractivity (Wildman–Crippen MR) is 314 cm³/mol. The summed E-state index contributed by atoms with van der Waals surface area (Å²) in [5.41, 5.74) is 21.0. The molecule has 0 saturated carbocycles. The van der Waals surface area contributed by atoms with Crippen molar-refractivity contribution in [3.63, 3.8) is 0 Å². The van der Waals surface area contributed by atoms with Crippen molar-refractivity contribution in [2.24, 2.45) is 0 Å². The Kier molecular flexibility index (Phi) is 10.2. The van der Waals surface area contributed by atoms with Crippen LogP contribution in [0.15, 0.2) is 267 Å². The van der Waals surface area contributed by atoms with Crippen LogP contribution in [0.25, 0.3) is 123 Å². The molecule has 3 heterocycles. The molecule has 0 aliphatic carbocycles. The van der Waals surface area contributed by atoms with Crippen molar-refractivity contribution < 1.29 is 12.3 Å². The topological polar surface area (TPSA) is 38.7 Å². The molecule has 0 atom stereocenters. The van der Waals surface area contributed by atoms with Crippen LogP contribution >= 0.6 is 0 Å². The van der Waals surface area contributed by atoms with Gasteiger partial charge >= 0.3 is 0 Å². The smallest absolute Gasteiger partial charge is 0.0704 e. The van der Waals surface area contributed by atoms with Crippen LogP contribution in [0.2, 0.25) is 0 Å². The van der Waals surface area contributed by atoms with Crippen LogP contribution in [0.1, 0.15) is 29.0 Å². The maximum absolute atomic E-state index is 8.00. The molecule has 356 valence electrons. The molecule has 9 aromatic carbocycles. The summed E-state index contributed by atoms with van der Waals surface area (Å²) in [4.78, 5) is 13.7. The van der Waals surface area contributed by atoms with Crippen molar-refractivity contribution in [3.05, 3.63) is 284 Å². The largest absolute Gasteiger partial charge is 0.256 e. The Labute approximate surface area is 452 Å². The Balaban J connectivity index is 1.02. The fourth-order valence-electron chi connectivity index (χ4n) is 10.1. The van der Waals surface area contributed by atoms with Gasteiger partial charge in [-0.15, -0.1) is 0 Å². The van der Waals surface area contributed by atoms with Crippen molar-refractivity contribution in [3.8, 4) is 123 Å². The van der Waals surface area contributed by atoms with E-state index in [1.54, 1.807) is 36.7 Å². The van der Waals surface area contributed by atoms with Crippen LogP contribution in [0, 0.1) is 20.6 Å². The van der Waals surface area contributed by atoms with E-state index in [-0.39, 0.29) is 16.7 Å². The average Bonchev–Trinajstić information content (AvgIpc) is 1.84. The van der Waals surface area contributed by atoms with E-state index in [9.17, 15) is 0 Å². The molecule has 0 unspecified atom stereocenters. The van der Waals surface area contributed by atoms with Crippen molar-refractivity contribution in [2.45, 2.75) is 20.6 Å².